The molecule has 0 fully saturated rings. The minimum Gasteiger partial charge on any atom is -0.295 e. The number of hydroxylamine groups is 1. The Morgan fingerprint density at radius 3 is 2.00 bits per heavy atom. The summed E-state index contributed by atoms with van der Waals surface area (Å²) in [4.78, 5) is 10.8. The van der Waals surface area contributed by atoms with E-state index in [1.165, 1.54) is 6.92 Å². The zero-order valence-corrected chi connectivity index (χ0v) is 7.06. The fourth-order valence-electron chi connectivity index (χ4n) is 0.574. The van der Waals surface area contributed by atoms with E-state index in [9.17, 15) is 4.79 Å². The highest BCUT2D eigenvalue weighted by Gasteiger charge is 2.03. The second-order valence-electron chi connectivity index (χ2n) is 2.40. The van der Waals surface area contributed by atoms with Gasteiger partial charge in [-0.25, -0.2) is 0 Å². The Bertz CT molecular complexity index is 216. The SMILES string of the molecule is C=C(NO)/C(C)=C(/C)C(C)=O. The van der Waals surface area contributed by atoms with Crippen LogP contribution >= 0.6 is 0 Å². The topological polar surface area (TPSA) is 49.3 Å². The van der Waals surface area contributed by atoms with Crippen LogP contribution < -0.4 is 5.48 Å². The number of nitrogens with one attached hydrogen (secondary N) is 1. The smallest absolute Gasteiger partial charge is 0.155 e. The lowest BCUT2D eigenvalue weighted by Gasteiger charge is -2.05. The molecule has 0 rings (SSSR count). The molecule has 3 heteroatoms. The average Bonchev–Trinajstić information content (AvgIpc) is 2.00. The van der Waals surface area contributed by atoms with Gasteiger partial charge in [0, 0.05) is 0 Å². The molecule has 0 heterocycles. The summed E-state index contributed by atoms with van der Waals surface area (Å²) in [5.74, 6) is -0.0149. The van der Waals surface area contributed by atoms with E-state index in [1.807, 2.05) is 5.48 Å². The number of hydrogen-bond donors (Lipinski definition) is 2. The first kappa shape index (κ1) is 9.91. The van der Waals surface area contributed by atoms with Gasteiger partial charge in [0.05, 0.1) is 5.70 Å². The van der Waals surface area contributed by atoms with Crippen molar-refractivity contribution < 1.29 is 10.0 Å². The first-order chi connectivity index (χ1) is 5.00. The molecular weight excluding hydrogens is 142 g/mol. The number of carbonyl (C=O) groups is 1. The molecule has 2 N–H and O–H groups in total. The minimum atomic E-state index is -0.0149. The molecule has 0 saturated carbocycles. The lowest BCUT2D eigenvalue weighted by atomic mass is 10.1. The molecule has 0 spiro atoms. The maximum Gasteiger partial charge on any atom is 0.155 e. The van der Waals surface area contributed by atoms with E-state index in [1.54, 1.807) is 13.8 Å². The summed E-state index contributed by atoms with van der Waals surface area (Å²) in [5, 5.41) is 8.44. The van der Waals surface area contributed by atoms with E-state index in [4.69, 9.17) is 5.21 Å². The summed E-state index contributed by atoms with van der Waals surface area (Å²) in [6.07, 6.45) is 0. The van der Waals surface area contributed by atoms with Crippen LogP contribution in [0.1, 0.15) is 20.8 Å². The number of Topliss-reactive ketones (excluding diaryl/α,β-unsaturated/α-hetero) is 1. The van der Waals surface area contributed by atoms with Crippen LogP contribution in [0.4, 0.5) is 0 Å². The van der Waals surface area contributed by atoms with E-state index in [-0.39, 0.29) is 5.78 Å². The molecule has 0 aromatic heterocycles. The molecule has 0 saturated heterocycles. The molecule has 0 aromatic rings. The summed E-state index contributed by atoms with van der Waals surface area (Å²) in [7, 11) is 0. The Morgan fingerprint density at radius 2 is 1.73 bits per heavy atom. The average molecular weight is 155 g/mol. The Hall–Kier alpha value is -1.09. The van der Waals surface area contributed by atoms with Crippen molar-refractivity contribution in [3.8, 4) is 0 Å². The fourth-order valence-corrected chi connectivity index (χ4v) is 0.574. The van der Waals surface area contributed by atoms with Crippen molar-refractivity contribution in [3.05, 3.63) is 23.4 Å². The standard InChI is InChI=1S/C8H13NO2/c1-5(7(3)9-11)6(2)8(4)10/h9,11H,3H2,1-2,4H3/b6-5-. The van der Waals surface area contributed by atoms with Crippen LogP contribution in [0.15, 0.2) is 23.4 Å². The number of carbonyl (C=O) groups excluding carboxylic acids is 1. The first-order valence-corrected chi connectivity index (χ1v) is 3.28. The molecule has 0 radical (unpaired) electrons. The van der Waals surface area contributed by atoms with Crippen LogP contribution in [0.3, 0.4) is 0 Å². The summed E-state index contributed by atoms with van der Waals surface area (Å²) in [5.41, 5.74) is 3.54. The van der Waals surface area contributed by atoms with Crippen molar-refractivity contribution >= 4 is 5.78 Å². The number of rotatable bonds is 3. The largest absolute Gasteiger partial charge is 0.295 e. The van der Waals surface area contributed by atoms with Gasteiger partial charge < -0.3 is 0 Å². The molecule has 0 aromatic carbocycles. The number of allylic oxidation sites excluding steroid dienone is 2. The third kappa shape index (κ3) is 2.55. The van der Waals surface area contributed by atoms with Gasteiger partial charge in [0.1, 0.15) is 0 Å². The van der Waals surface area contributed by atoms with E-state index >= 15 is 0 Å². The Balaban J connectivity index is 4.66. The molecule has 0 unspecified atom stereocenters. The maximum atomic E-state index is 10.8. The molecule has 3 nitrogen and oxygen atoms in total. The van der Waals surface area contributed by atoms with Crippen LogP contribution in [0.5, 0.6) is 0 Å². The third-order valence-electron chi connectivity index (χ3n) is 1.68. The second-order valence-corrected chi connectivity index (χ2v) is 2.40. The molecule has 0 atom stereocenters. The Morgan fingerprint density at radius 1 is 1.27 bits per heavy atom. The molecule has 0 aliphatic rings. The maximum absolute atomic E-state index is 10.8. The van der Waals surface area contributed by atoms with Gasteiger partial charge >= 0.3 is 0 Å². The second kappa shape index (κ2) is 3.93. The first-order valence-electron chi connectivity index (χ1n) is 3.28. The van der Waals surface area contributed by atoms with Crippen LogP contribution in [-0.4, -0.2) is 11.0 Å². The van der Waals surface area contributed by atoms with Crippen molar-refractivity contribution in [1.82, 2.24) is 5.48 Å². The van der Waals surface area contributed by atoms with Gasteiger partial charge in [0.2, 0.25) is 0 Å². The van der Waals surface area contributed by atoms with E-state index in [2.05, 4.69) is 6.58 Å². The highest BCUT2D eigenvalue weighted by atomic mass is 16.5. The van der Waals surface area contributed by atoms with Gasteiger partial charge in [-0.1, -0.05) is 6.58 Å². The van der Waals surface area contributed by atoms with Gasteiger partial charge in [0.25, 0.3) is 0 Å². The monoisotopic (exact) mass is 155 g/mol. The van der Waals surface area contributed by atoms with E-state index < -0.39 is 0 Å². The lowest BCUT2D eigenvalue weighted by Crippen LogP contribution is -2.09. The van der Waals surface area contributed by atoms with Gasteiger partial charge in [-0.2, -0.15) is 0 Å². The predicted molar refractivity (Wildman–Crippen MR) is 43.1 cm³/mol. The van der Waals surface area contributed by atoms with Crippen molar-refractivity contribution in [1.29, 1.82) is 0 Å². The summed E-state index contributed by atoms with van der Waals surface area (Å²) >= 11 is 0. The quantitative estimate of drug-likeness (QED) is 0.368. The zero-order valence-electron chi connectivity index (χ0n) is 7.06. The van der Waals surface area contributed by atoms with Gasteiger partial charge in [0.15, 0.2) is 5.78 Å². The van der Waals surface area contributed by atoms with Crippen molar-refractivity contribution in [2.45, 2.75) is 20.8 Å². The molecule has 62 valence electrons. The zero-order chi connectivity index (χ0) is 9.02. The molecular formula is C8H13NO2. The molecule has 11 heavy (non-hydrogen) atoms. The van der Waals surface area contributed by atoms with E-state index in [0.29, 0.717) is 16.8 Å². The Labute approximate surface area is 66.4 Å². The van der Waals surface area contributed by atoms with Crippen LogP contribution in [0.25, 0.3) is 0 Å². The number of ketones is 1. The van der Waals surface area contributed by atoms with Crippen molar-refractivity contribution in [2.24, 2.45) is 0 Å². The minimum absolute atomic E-state index is 0.0149. The van der Waals surface area contributed by atoms with Crippen molar-refractivity contribution in [2.75, 3.05) is 0 Å². The predicted octanol–water partition coefficient (Wildman–Crippen LogP) is 1.40. The fraction of sp³-hybridized carbons (Fsp3) is 0.375. The van der Waals surface area contributed by atoms with Crippen LogP contribution in [0, 0.1) is 0 Å². The van der Waals surface area contributed by atoms with E-state index in [0.717, 1.165) is 0 Å². The van der Waals surface area contributed by atoms with Gasteiger partial charge in [-0.3, -0.25) is 15.5 Å². The highest BCUT2D eigenvalue weighted by molar-refractivity contribution is 5.93. The summed E-state index contributed by atoms with van der Waals surface area (Å²) in [6.45, 7) is 8.40. The van der Waals surface area contributed by atoms with Crippen molar-refractivity contribution in [3.63, 3.8) is 0 Å². The molecule has 0 amide bonds. The summed E-state index contributed by atoms with van der Waals surface area (Å²) < 4.78 is 0. The number of hydrogen-bond acceptors (Lipinski definition) is 3. The Kier molecular flexibility index (Phi) is 3.54. The van der Waals surface area contributed by atoms with Gasteiger partial charge in [-0.05, 0) is 31.9 Å². The summed E-state index contributed by atoms with van der Waals surface area (Å²) in [6, 6.07) is 0. The normalized spacial score (nSPS) is 12.0. The van der Waals surface area contributed by atoms with Crippen LogP contribution in [0.2, 0.25) is 0 Å². The lowest BCUT2D eigenvalue weighted by molar-refractivity contribution is -0.113. The molecule has 0 aliphatic carbocycles. The molecule has 0 bridgehead atoms. The van der Waals surface area contributed by atoms with Crippen LogP contribution in [-0.2, 0) is 4.79 Å². The van der Waals surface area contributed by atoms with Gasteiger partial charge in [-0.15, -0.1) is 0 Å². The third-order valence-corrected chi connectivity index (χ3v) is 1.68. The highest BCUT2D eigenvalue weighted by Crippen LogP contribution is 2.09. The molecule has 0 aliphatic heterocycles.